The second-order valence-corrected chi connectivity index (χ2v) is 5.53. The Labute approximate surface area is 120 Å². The van der Waals surface area contributed by atoms with Crippen LogP contribution in [-0.4, -0.2) is 39.9 Å². The van der Waals surface area contributed by atoms with Gasteiger partial charge in [-0.15, -0.1) is 0 Å². The van der Waals surface area contributed by atoms with Gasteiger partial charge in [-0.05, 0) is 32.1 Å². The van der Waals surface area contributed by atoms with E-state index in [4.69, 9.17) is 0 Å². The van der Waals surface area contributed by atoms with Crippen molar-refractivity contribution in [1.29, 1.82) is 0 Å². The first-order valence-corrected chi connectivity index (χ1v) is 7.41. The summed E-state index contributed by atoms with van der Waals surface area (Å²) in [6.45, 7) is 3.73. The first-order valence-electron chi connectivity index (χ1n) is 7.41. The maximum absolute atomic E-state index is 11.4. The molecule has 0 saturated heterocycles. The molecule has 1 aliphatic rings. The molecule has 0 radical (unpaired) electrons. The van der Waals surface area contributed by atoms with Crippen LogP contribution < -0.4 is 5.32 Å². The van der Waals surface area contributed by atoms with Gasteiger partial charge in [0.2, 0.25) is 5.91 Å². The molecule has 110 valence electrons. The molecule has 5 heteroatoms. The Bertz CT molecular complexity index is 455. The first kappa shape index (κ1) is 14.8. The number of rotatable bonds is 4. The summed E-state index contributed by atoms with van der Waals surface area (Å²) in [5, 5.41) is 3.49. The zero-order valence-electron chi connectivity index (χ0n) is 12.6. The van der Waals surface area contributed by atoms with E-state index < -0.39 is 0 Å². The topological polar surface area (TPSA) is 58.1 Å². The van der Waals surface area contributed by atoms with Crippen LogP contribution in [0.1, 0.15) is 45.2 Å². The lowest BCUT2D eigenvalue weighted by atomic mass is 9.90. The van der Waals surface area contributed by atoms with Crippen molar-refractivity contribution in [3.8, 4) is 0 Å². The monoisotopic (exact) mass is 276 g/mol. The molecule has 1 aromatic rings. The van der Waals surface area contributed by atoms with Crippen LogP contribution in [-0.2, 0) is 11.2 Å². The minimum absolute atomic E-state index is 0.157. The third-order valence-corrected chi connectivity index (χ3v) is 4.18. The third kappa shape index (κ3) is 3.68. The van der Waals surface area contributed by atoms with E-state index in [0.29, 0.717) is 12.1 Å². The quantitative estimate of drug-likeness (QED) is 0.916. The number of nitrogens with zero attached hydrogens (tertiary/aromatic N) is 3. The van der Waals surface area contributed by atoms with Gasteiger partial charge in [-0.2, -0.15) is 0 Å². The van der Waals surface area contributed by atoms with Crippen molar-refractivity contribution in [2.45, 2.75) is 58.0 Å². The van der Waals surface area contributed by atoms with Crippen molar-refractivity contribution in [1.82, 2.24) is 14.9 Å². The van der Waals surface area contributed by atoms with Gasteiger partial charge in [0, 0.05) is 37.8 Å². The van der Waals surface area contributed by atoms with Crippen LogP contribution in [0.4, 0.5) is 5.82 Å². The van der Waals surface area contributed by atoms with Gasteiger partial charge < -0.3 is 10.2 Å². The van der Waals surface area contributed by atoms with Crippen molar-refractivity contribution in [2.75, 3.05) is 12.4 Å². The van der Waals surface area contributed by atoms with Crippen molar-refractivity contribution < 1.29 is 4.79 Å². The predicted octanol–water partition coefficient (Wildman–Crippen LogP) is 2.24. The Hall–Kier alpha value is -1.65. The van der Waals surface area contributed by atoms with Crippen LogP contribution in [0.5, 0.6) is 0 Å². The Morgan fingerprint density at radius 1 is 1.35 bits per heavy atom. The number of hydrogen-bond donors (Lipinski definition) is 1. The second-order valence-electron chi connectivity index (χ2n) is 5.53. The van der Waals surface area contributed by atoms with Gasteiger partial charge in [0.1, 0.15) is 12.1 Å². The molecule has 0 bridgehead atoms. The Kier molecular flexibility index (Phi) is 4.93. The van der Waals surface area contributed by atoms with Crippen molar-refractivity contribution in [2.24, 2.45) is 0 Å². The number of carbonyl (C=O) groups excluding carboxylic acids is 1. The van der Waals surface area contributed by atoms with E-state index in [1.165, 1.54) is 0 Å². The van der Waals surface area contributed by atoms with Gasteiger partial charge in [-0.3, -0.25) is 4.79 Å². The largest absolute Gasteiger partial charge is 0.367 e. The summed E-state index contributed by atoms with van der Waals surface area (Å²) in [7, 11) is 1.90. The lowest BCUT2D eigenvalue weighted by Crippen LogP contribution is -2.40. The van der Waals surface area contributed by atoms with Gasteiger partial charge in [-0.25, -0.2) is 9.97 Å². The number of anilines is 1. The minimum atomic E-state index is 0.157. The number of amides is 1. The molecule has 0 aromatic carbocycles. The summed E-state index contributed by atoms with van der Waals surface area (Å²) in [5.41, 5.74) is 1.06. The molecule has 1 N–H and O–H groups in total. The Morgan fingerprint density at radius 3 is 2.65 bits per heavy atom. The molecule has 5 nitrogen and oxygen atoms in total. The molecule has 0 atom stereocenters. The van der Waals surface area contributed by atoms with E-state index in [1.807, 2.05) is 18.0 Å². The van der Waals surface area contributed by atoms with E-state index in [-0.39, 0.29) is 5.91 Å². The van der Waals surface area contributed by atoms with Gasteiger partial charge in [-0.1, -0.05) is 6.92 Å². The zero-order valence-corrected chi connectivity index (χ0v) is 12.6. The summed E-state index contributed by atoms with van der Waals surface area (Å²) in [6, 6.07) is 2.86. The molecule has 0 spiro atoms. The SMILES string of the molecule is CCc1cc(N[C@H]2CC[C@@H](N(C)C(C)=O)CC2)ncn1. The fourth-order valence-corrected chi connectivity index (χ4v) is 2.74. The summed E-state index contributed by atoms with van der Waals surface area (Å²) < 4.78 is 0. The fraction of sp³-hybridized carbons (Fsp3) is 0.667. The highest BCUT2D eigenvalue weighted by Gasteiger charge is 2.25. The van der Waals surface area contributed by atoms with Crippen LogP contribution in [0.3, 0.4) is 0 Å². The summed E-state index contributed by atoms with van der Waals surface area (Å²) in [4.78, 5) is 21.7. The fourth-order valence-electron chi connectivity index (χ4n) is 2.74. The molecule has 1 heterocycles. The zero-order chi connectivity index (χ0) is 14.5. The first-order chi connectivity index (χ1) is 9.60. The van der Waals surface area contributed by atoms with Crippen LogP contribution in [0.15, 0.2) is 12.4 Å². The second kappa shape index (κ2) is 6.68. The van der Waals surface area contributed by atoms with Crippen LogP contribution in [0.2, 0.25) is 0 Å². The lowest BCUT2D eigenvalue weighted by Gasteiger charge is -2.34. The van der Waals surface area contributed by atoms with Gasteiger partial charge in [0.05, 0.1) is 0 Å². The lowest BCUT2D eigenvalue weighted by molar-refractivity contribution is -0.130. The van der Waals surface area contributed by atoms with Gasteiger partial charge in [0.25, 0.3) is 0 Å². The normalized spacial score (nSPS) is 22.4. The van der Waals surface area contributed by atoms with Crippen LogP contribution in [0, 0.1) is 0 Å². The number of aryl methyl sites for hydroxylation is 1. The smallest absolute Gasteiger partial charge is 0.219 e. The molecule has 1 fully saturated rings. The number of carbonyl (C=O) groups is 1. The highest BCUT2D eigenvalue weighted by atomic mass is 16.2. The van der Waals surface area contributed by atoms with Crippen molar-refractivity contribution in [3.63, 3.8) is 0 Å². The molecule has 2 rings (SSSR count). The van der Waals surface area contributed by atoms with Crippen molar-refractivity contribution in [3.05, 3.63) is 18.1 Å². The summed E-state index contributed by atoms with van der Waals surface area (Å²) in [6.07, 6.45) is 6.81. The molecule has 1 saturated carbocycles. The molecule has 20 heavy (non-hydrogen) atoms. The molecule has 1 aliphatic carbocycles. The Morgan fingerprint density at radius 2 is 2.05 bits per heavy atom. The van der Waals surface area contributed by atoms with E-state index in [9.17, 15) is 4.79 Å². The van der Waals surface area contributed by atoms with Gasteiger partial charge >= 0.3 is 0 Å². The summed E-state index contributed by atoms with van der Waals surface area (Å²) >= 11 is 0. The Balaban J connectivity index is 1.86. The van der Waals surface area contributed by atoms with Gasteiger partial charge in [0.15, 0.2) is 0 Å². The maximum Gasteiger partial charge on any atom is 0.219 e. The molecule has 1 amide bonds. The summed E-state index contributed by atoms with van der Waals surface area (Å²) in [5.74, 6) is 1.07. The average Bonchev–Trinajstić information content (AvgIpc) is 2.47. The number of hydrogen-bond acceptors (Lipinski definition) is 4. The number of aromatic nitrogens is 2. The van der Waals surface area contributed by atoms with E-state index in [1.54, 1.807) is 13.3 Å². The van der Waals surface area contributed by atoms with E-state index in [2.05, 4.69) is 22.2 Å². The predicted molar refractivity (Wildman–Crippen MR) is 79.5 cm³/mol. The van der Waals surface area contributed by atoms with E-state index >= 15 is 0 Å². The maximum atomic E-state index is 11.4. The molecular weight excluding hydrogens is 252 g/mol. The minimum Gasteiger partial charge on any atom is -0.367 e. The van der Waals surface area contributed by atoms with Crippen molar-refractivity contribution >= 4 is 11.7 Å². The number of nitrogens with one attached hydrogen (secondary N) is 1. The standard InChI is InChI=1S/C15H24N4O/c1-4-12-9-15(17-10-16-12)18-13-5-7-14(8-6-13)19(3)11(2)20/h9-10,13-14H,4-8H2,1-3H3,(H,16,17,18)/t13-,14+. The van der Waals surface area contributed by atoms with Crippen LogP contribution in [0.25, 0.3) is 0 Å². The third-order valence-electron chi connectivity index (χ3n) is 4.18. The molecule has 0 aliphatic heterocycles. The highest BCUT2D eigenvalue weighted by Crippen LogP contribution is 2.24. The average molecular weight is 276 g/mol. The highest BCUT2D eigenvalue weighted by molar-refractivity contribution is 5.73. The molecule has 1 aromatic heterocycles. The van der Waals surface area contributed by atoms with E-state index in [0.717, 1.165) is 43.6 Å². The molecule has 0 unspecified atom stereocenters. The van der Waals surface area contributed by atoms with Crippen LogP contribution >= 0.6 is 0 Å². The molecular formula is C15H24N4O.